The van der Waals surface area contributed by atoms with Crippen molar-refractivity contribution in [2.45, 2.75) is 25.0 Å². The molecule has 20 heavy (non-hydrogen) atoms. The number of thiophene rings is 1. The third kappa shape index (κ3) is 4.50. The number of aryl methyl sites for hydroxylation is 1. The molecule has 0 atom stereocenters. The molecule has 0 aliphatic heterocycles. The van der Waals surface area contributed by atoms with Crippen molar-refractivity contribution in [1.82, 2.24) is 20.1 Å². The number of nitrogens with one attached hydrogen (secondary N) is 1. The fourth-order valence-corrected chi connectivity index (χ4v) is 3.48. The number of carbonyl (C=O) groups excluding carboxylic acids is 1. The van der Waals surface area contributed by atoms with Gasteiger partial charge in [-0.15, -0.1) is 16.4 Å². The number of rotatable bonds is 6. The summed E-state index contributed by atoms with van der Waals surface area (Å²) in [5.74, 6) is 1.56. The largest absolute Gasteiger partial charge is 0.341 e. The lowest BCUT2D eigenvalue weighted by atomic mass is 10.4. The smallest absolute Gasteiger partial charge is 0.223 e. The molecule has 1 N–H and O–H groups in total. The van der Waals surface area contributed by atoms with E-state index in [0.717, 1.165) is 15.0 Å². The zero-order chi connectivity index (χ0) is 14.5. The van der Waals surface area contributed by atoms with Gasteiger partial charge >= 0.3 is 0 Å². The monoisotopic (exact) mass is 330 g/mol. The SMILES string of the molecule is Cc1nc(SCCC(=O)N(C)Cc2ccc(Cl)s2)n[nH]1. The second kappa shape index (κ2) is 7.10. The van der Waals surface area contributed by atoms with Crippen molar-refractivity contribution < 1.29 is 4.79 Å². The average Bonchev–Trinajstić information content (AvgIpc) is 2.98. The molecule has 2 heterocycles. The normalized spacial score (nSPS) is 10.8. The van der Waals surface area contributed by atoms with E-state index in [9.17, 15) is 4.79 Å². The van der Waals surface area contributed by atoms with E-state index in [1.807, 2.05) is 19.1 Å². The van der Waals surface area contributed by atoms with E-state index in [4.69, 9.17) is 11.6 Å². The fourth-order valence-electron chi connectivity index (χ4n) is 1.57. The highest BCUT2D eigenvalue weighted by molar-refractivity contribution is 7.99. The Morgan fingerprint density at radius 1 is 1.55 bits per heavy atom. The van der Waals surface area contributed by atoms with Crippen molar-refractivity contribution in [1.29, 1.82) is 0 Å². The van der Waals surface area contributed by atoms with E-state index < -0.39 is 0 Å². The van der Waals surface area contributed by atoms with Crippen LogP contribution < -0.4 is 0 Å². The van der Waals surface area contributed by atoms with E-state index in [1.54, 1.807) is 11.9 Å². The average molecular weight is 331 g/mol. The summed E-state index contributed by atoms with van der Waals surface area (Å²) < 4.78 is 0.747. The summed E-state index contributed by atoms with van der Waals surface area (Å²) in [6, 6.07) is 3.79. The first-order valence-corrected chi connectivity index (χ1v) is 8.22. The van der Waals surface area contributed by atoms with Crippen molar-refractivity contribution in [3.8, 4) is 0 Å². The van der Waals surface area contributed by atoms with Gasteiger partial charge in [-0.05, 0) is 19.1 Å². The molecule has 2 rings (SSSR count). The number of H-pyrrole nitrogens is 1. The van der Waals surface area contributed by atoms with Gasteiger partial charge in [-0.1, -0.05) is 23.4 Å². The van der Waals surface area contributed by atoms with E-state index in [-0.39, 0.29) is 5.91 Å². The zero-order valence-electron chi connectivity index (χ0n) is 11.2. The summed E-state index contributed by atoms with van der Waals surface area (Å²) in [7, 11) is 1.80. The second-order valence-electron chi connectivity index (χ2n) is 4.26. The number of aromatic amines is 1. The molecule has 0 aromatic carbocycles. The van der Waals surface area contributed by atoms with Gasteiger partial charge in [-0.25, -0.2) is 4.98 Å². The van der Waals surface area contributed by atoms with Crippen molar-refractivity contribution in [2.75, 3.05) is 12.8 Å². The summed E-state index contributed by atoms with van der Waals surface area (Å²) in [6.45, 7) is 2.45. The number of thioether (sulfide) groups is 1. The second-order valence-corrected chi connectivity index (χ2v) is 7.12. The molecule has 0 saturated carbocycles. The van der Waals surface area contributed by atoms with Crippen LogP contribution in [0.1, 0.15) is 17.1 Å². The number of nitrogens with zero attached hydrogens (tertiary/aromatic N) is 3. The molecule has 0 bridgehead atoms. The Morgan fingerprint density at radius 2 is 2.35 bits per heavy atom. The number of amides is 1. The molecule has 0 saturated heterocycles. The summed E-state index contributed by atoms with van der Waals surface area (Å²) in [4.78, 5) is 19.0. The van der Waals surface area contributed by atoms with Crippen LogP contribution in [0.4, 0.5) is 0 Å². The Morgan fingerprint density at radius 3 is 2.95 bits per heavy atom. The number of hydrogen-bond donors (Lipinski definition) is 1. The molecule has 108 valence electrons. The van der Waals surface area contributed by atoms with Gasteiger partial charge in [0.25, 0.3) is 0 Å². The first-order chi connectivity index (χ1) is 9.54. The highest BCUT2D eigenvalue weighted by Crippen LogP contribution is 2.22. The molecule has 0 aliphatic rings. The standard InChI is InChI=1S/C12H15ClN4OS2/c1-8-14-12(16-15-8)19-6-5-11(18)17(2)7-9-3-4-10(13)20-9/h3-4H,5-7H2,1-2H3,(H,14,15,16). The molecule has 0 spiro atoms. The van der Waals surface area contributed by atoms with Gasteiger partial charge in [0.15, 0.2) is 0 Å². The molecule has 8 heteroatoms. The Bertz CT molecular complexity index is 584. The first kappa shape index (κ1) is 15.3. The summed E-state index contributed by atoms with van der Waals surface area (Å²) in [5, 5.41) is 7.48. The van der Waals surface area contributed by atoms with Gasteiger partial charge < -0.3 is 4.90 Å². The van der Waals surface area contributed by atoms with Gasteiger partial charge in [-0.3, -0.25) is 9.89 Å². The minimum Gasteiger partial charge on any atom is -0.341 e. The van der Waals surface area contributed by atoms with Crippen LogP contribution in [0.2, 0.25) is 4.34 Å². The van der Waals surface area contributed by atoms with Crippen molar-refractivity contribution in [3.05, 3.63) is 27.2 Å². The van der Waals surface area contributed by atoms with Crippen LogP contribution in [0, 0.1) is 6.92 Å². The van der Waals surface area contributed by atoms with Gasteiger partial charge in [-0.2, -0.15) is 0 Å². The van der Waals surface area contributed by atoms with Crippen molar-refractivity contribution in [2.24, 2.45) is 0 Å². The molecule has 2 aromatic rings. The minimum atomic E-state index is 0.106. The lowest BCUT2D eigenvalue weighted by molar-refractivity contribution is -0.129. The molecule has 5 nitrogen and oxygen atoms in total. The number of hydrogen-bond acceptors (Lipinski definition) is 5. The lowest BCUT2D eigenvalue weighted by Crippen LogP contribution is -2.26. The maximum absolute atomic E-state index is 12.0. The summed E-state index contributed by atoms with van der Waals surface area (Å²) >= 11 is 8.85. The van der Waals surface area contributed by atoms with Crippen LogP contribution in [-0.4, -0.2) is 38.8 Å². The van der Waals surface area contributed by atoms with E-state index in [2.05, 4.69) is 15.2 Å². The zero-order valence-corrected chi connectivity index (χ0v) is 13.6. The predicted molar refractivity (Wildman–Crippen MR) is 82.3 cm³/mol. The predicted octanol–water partition coefficient (Wildman–Crippen LogP) is 2.97. The van der Waals surface area contributed by atoms with Crippen LogP contribution in [-0.2, 0) is 11.3 Å². The van der Waals surface area contributed by atoms with Gasteiger partial charge in [0.1, 0.15) is 5.82 Å². The van der Waals surface area contributed by atoms with Gasteiger partial charge in [0.2, 0.25) is 11.1 Å². The summed E-state index contributed by atoms with van der Waals surface area (Å²) in [5.41, 5.74) is 0. The minimum absolute atomic E-state index is 0.106. The number of aromatic nitrogens is 3. The fraction of sp³-hybridized carbons (Fsp3) is 0.417. The molecule has 0 aliphatic carbocycles. The Labute approximate surface area is 130 Å². The highest BCUT2D eigenvalue weighted by Gasteiger charge is 2.11. The first-order valence-electron chi connectivity index (χ1n) is 6.04. The molecule has 1 amide bonds. The van der Waals surface area contributed by atoms with Crippen LogP contribution in [0.25, 0.3) is 0 Å². The van der Waals surface area contributed by atoms with Gasteiger partial charge in [0, 0.05) is 24.1 Å². The molecular weight excluding hydrogens is 316 g/mol. The Balaban J connectivity index is 1.73. The third-order valence-corrected chi connectivity index (χ3v) is 4.64. The van der Waals surface area contributed by atoms with E-state index in [0.29, 0.717) is 23.9 Å². The van der Waals surface area contributed by atoms with E-state index >= 15 is 0 Å². The van der Waals surface area contributed by atoms with Crippen LogP contribution in [0.5, 0.6) is 0 Å². The highest BCUT2D eigenvalue weighted by atomic mass is 35.5. The molecular formula is C12H15ClN4OS2. The van der Waals surface area contributed by atoms with Crippen LogP contribution in [0.3, 0.4) is 0 Å². The Kier molecular flexibility index (Phi) is 5.45. The lowest BCUT2D eigenvalue weighted by Gasteiger charge is -2.15. The molecule has 0 fully saturated rings. The maximum atomic E-state index is 12.0. The number of carbonyl (C=O) groups is 1. The summed E-state index contributed by atoms with van der Waals surface area (Å²) in [6.07, 6.45) is 0.466. The van der Waals surface area contributed by atoms with Crippen LogP contribution >= 0.6 is 34.7 Å². The maximum Gasteiger partial charge on any atom is 0.223 e. The topological polar surface area (TPSA) is 61.9 Å². The number of halogens is 1. The van der Waals surface area contributed by atoms with Crippen molar-refractivity contribution >= 4 is 40.6 Å². The molecule has 2 aromatic heterocycles. The quantitative estimate of drug-likeness (QED) is 0.827. The third-order valence-electron chi connectivity index (χ3n) is 2.57. The molecule has 0 radical (unpaired) electrons. The van der Waals surface area contributed by atoms with Gasteiger partial charge in [0.05, 0.1) is 10.9 Å². The molecule has 0 unspecified atom stereocenters. The van der Waals surface area contributed by atoms with Crippen molar-refractivity contribution in [3.63, 3.8) is 0 Å². The van der Waals surface area contributed by atoms with Crippen LogP contribution in [0.15, 0.2) is 17.3 Å². The van der Waals surface area contributed by atoms with E-state index in [1.165, 1.54) is 23.1 Å². The Hall–Kier alpha value is -1.05.